The van der Waals surface area contributed by atoms with Gasteiger partial charge >= 0.3 is 0 Å². The summed E-state index contributed by atoms with van der Waals surface area (Å²) in [5.41, 5.74) is 6.94. The summed E-state index contributed by atoms with van der Waals surface area (Å²) in [7, 11) is 0. The van der Waals surface area contributed by atoms with Crippen LogP contribution in [0.1, 0.15) is 29.5 Å². The van der Waals surface area contributed by atoms with Crippen LogP contribution in [0.15, 0.2) is 42.7 Å². The van der Waals surface area contributed by atoms with Crippen LogP contribution in [0.25, 0.3) is 16.9 Å². The van der Waals surface area contributed by atoms with E-state index in [0.717, 1.165) is 16.9 Å². The number of fused-ring (bicyclic) bond motifs is 2. The van der Waals surface area contributed by atoms with Crippen molar-refractivity contribution in [3.8, 4) is 11.3 Å². The van der Waals surface area contributed by atoms with Gasteiger partial charge in [-0.3, -0.25) is 0 Å². The molecule has 0 radical (unpaired) electrons. The Kier molecular flexibility index (Phi) is 3.00. The molecule has 2 aromatic heterocycles. The quantitative estimate of drug-likeness (QED) is 0.780. The predicted octanol–water partition coefficient (Wildman–Crippen LogP) is 3.37. The summed E-state index contributed by atoms with van der Waals surface area (Å²) in [6, 6.07) is 10.6. The minimum Gasteiger partial charge on any atom is -0.392 e. The normalized spacial score (nSPS) is 14.3. The number of aromatic nitrogens is 2. The lowest BCUT2D eigenvalue weighted by Gasteiger charge is -2.15. The minimum atomic E-state index is 0.0531. The zero-order valence-corrected chi connectivity index (χ0v) is 11.9. The molecule has 0 atom stereocenters. The summed E-state index contributed by atoms with van der Waals surface area (Å²) in [5, 5.41) is 9.22. The van der Waals surface area contributed by atoms with Crippen molar-refractivity contribution in [3.05, 3.63) is 59.4 Å². The van der Waals surface area contributed by atoms with Crippen LogP contribution in [0, 0.1) is 0 Å². The molecule has 0 saturated heterocycles. The third-order valence-electron chi connectivity index (χ3n) is 4.35. The van der Waals surface area contributed by atoms with Crippen LogP contribution >= 0.6 is 0 Å². The summed E-state index contributed by atoms with van der Waals surface area (Å²) in [4.78, 5) is 4.69. The molecule has 1 N–H and O–H groups in total. The van der Waals surface area contributed by atoms with Crippen molar-refractivity contribution in [3.63, 3.8) is 0 Å². The Morgan fingerprint density at radius 3 is 2.76 bits per heavy atom. The molecule has 21 heavy (non-hydrogen) atoms. The first-order valence-corrected chi connectivity index (χ1v) is 7.54. The number of hydrogen-bond acceptors (Lipinski definition) is 2. The molecule has 0 bridgehead atoms. The van der Waals surface area contributed by atoms with Gasteiger partial charge in [-0.1, -0.05) is 12.1 Å². The summed E-state index contributed by atoms with van der Waals surface area (Å²) >= 11 is 0. The number of aliphatic hydroxyl groups is 1. The van der Waals surface area contributed by atoms with Gasteiger partial charge in [0.05, 0.1) is 12.3 Å². The van der Waals surface area contributed by atoms with E-state index in [-0.39, 0.29) is 6.61 Å². The predicted molar refractivity (Wildman–Crippen MR) is 83.2 cm³/mol. The molecule has 3 nitrogen and oxygen atoms in total. The Morgan fingerprint density at radius 2 is 1.90 bits per heavy atom. The van der Waals surface area contributed by atoms with Gasteiger partial charge in [0.25, 0.3) is 0 Å². The Morgan fingerprint density at radius 1 is 1.05 bits per heavy atom. The molecule has 3 aromatic rings. The van der Waals surface area contributed by atoms with Crippen molar-refractivity contribution in [1.29, 1.82) is 0 Å². The van der Waals surface area contributed by atoms with Gasteiger partial charge < -0.3 is 9.51 Å². The van der Waals surface area contributed by atoms with Crippen molar-refractivity contribution in [2.75, 3.05) is 0 Å². The summed E-state index contributed by atoms with van der Waals surface area (Å²) < 4.78 is 2.01. The maximum absolute atomic E-state index is 9.22. The van der Waals surface area contributed by atoms with Gasteiger partial charge in [-0.2, -0.15) is 0 Å². The lowest BCUT2D eigenvalue weighted by molar-refractivity contribution is 0.282. The Hall–Kier alpha value is -2.13. The van der Waals surface area contributed by atoms with E-state index in [1.54, 1.807) is 0 Å². The number of pyridine rings is 1. The Labute approximate surface area is 123 Å². The van der Waals surface area contributed by atoms with Crippen LogP contribution in [0.4, 0.5) is 0 Å². The van der Waals surface area contributed by atoms with E-state index in [0.29, 0.717) is 0 Å². The Bertz CT molecular complexity index is 804. The first-order chi connectivity index (χ1) is 10.3. The zero-order chi connectivity index (χ0) is 14.2. The minimum absolute atomic E-state index is 0.0531. The summed E-state index contributed by atoms with van der Waals surface area (Å²) in [5.74, 6) is 0. The fourth-order valence-electron chi connectivity index (χ4n) is 3.15. The molecule has 0 saturated carbocycles. The number of hydrogen-bond donors (Lipinski definition) is 1. The van der Waals surface area contributed by atoms with Crippen LogP contribution < -0.4 is 0 Å². The largest absolute Gasteiger partial charge is 0.392 e. The lowest BCUT2D eigenvalue weighted by atomic mass is 9.90. The highest BCUT2D eigenvalue weighted by molar-refractivity contribution is 5.64. The van der Waals surface area contributed by atoms with E-state index in [4.69, 9.17) is 4.98 Å². The SMILES string of the molecule is OCc1ccn2cc(-c3ccc4c(c3)CCCC4)nc2c1. The van der Waals surface area contributed by atoms with Gasteiger partial charge in [-0.05, 0) is 60.6 Å². The Balaban J connectivity index is 1.78. The van der Waals surface area contributed by atoms with Crippen LogP contribution in [-0.2, 0) is 19.4 Å². The molecule has 106 valence electrons. The molecular weight excluding hydrogens is 260 g/mol. The molecule has 0 fully saturated rings. The maximum Gasteiger partial charge on any atom is 0.137 e. The maximum atomic E-state index is 9.22. The van der Waals surface area contributed by atoms with Crippen LogP contribution in [0.3, 0.4) is 0 Å². The van der Waals surface area contributed by atoms with Gasteiger partial charge in [0.2, 0.25) is 0 Å². The van der Waals surface area contributed by atoms with Gasteiger partial charge in [0.15, 0.2) is 0 Å². The van der Waals surface area contributed by atoms with E-state index >= 15 is 0 Å². The monoisotopic (exact) mass is 278 g/mol. The van der Waals surface area contributed by atoms with Gasteiger partial charge in [0.1, 0.15) is 5.65 Å². The van der Waals surface area contributed by atoms with E-state index in [9.17, 15) is 5.11 Å². The second-order valence-corrected chi connectivity index (χ2v) is 5.78. The second-order valence-electron chi connectivity index (χ2n) is 5.78. The van der Waals surface area contributed by atoms with E-state index in [2.05, 4.69) is 24.4 Å². The first-order valence-electron chi connectivity index (χ1n) is 7.54. The fraction of sp³-hybridized carbons (Fsp3) is 0.278. The molecule has 0 aliphatic heterocycles. The molecule has 3 heteroatoms. The molecular formula is C18H18N2O. The molecule has 0 amide bonds. The third kappa shape index (κ3) is 2.24. The van der Waals surface area contributed by atoms with Crippen LogP contribution in [0.5, 0.6) is 0 Å². The molecule has 1 aliphatic rings. The average Bonchev–Trinajstić information content (AvgIpc) is 2.97. The number of aliphatic hydroxyl groups excluding tert-OH is 1. The van der Waals surface area contributed by atoms with Gasteiger partial charge in [0, 0.05) is 18.0 Å². The molecule has 1 aromatic carbocycles. The molecule has 0 unspecified atom stereocenters. The number of benzene rings is 1. The van der Waals surface area contributed by atoms with E-state index in [1.807, 2.05) is 22.7 Å². The smallest absolute Gasteiger partial charge is 0.137 e. The topological polar surface area (TPSA) is 37.5 Å². The highest BCUT2D eigenvalue weighted by Crippen LogP contribution is 2.27. The second kappa shape index (κ2) is 5.01. The third-order valence-corrected chi connectivity index (χ3v) is 4.35. The van der Waals surface area contributed by atoms with Crippen molar-refractivity contribution in [2.45, 2.75) is 32.3 Å². The summed E-state index contributed by atoms with van der Waals surface area (Å²) in [6.07, 6.45) is 9.01. The molecule has 0 spiro atoms. The standard InChI is InChI=1S/C18H18N2O/c21-12-13-7-8-20-11-17(19-18(20)9-13)16-6-5-14-3-1-2-4-15(14)10-16/h5-11,21H,1-4,12H2. The van der Waals surface area contributed by atoms with Gasteiger partial charge in [-0.15, -0.1) is 0 Å². The number of aryl methyl sites for hydroxylation is 2. The highest BCUT2D eigenvalue weighted by atomic mass is 16.3. The van der Waals surface area contributed by atoms with Crippen molar-refractivity contribution in [2.24, 2.45) is 0 Å². The van der Waals surface area contributed by atoms with Crippen molar-refractivity contribution >= 4 is 5.65 Å². The van der Waals surface area contributed by atoms with E-state index in [1.165, 1.54) is 42.4 Å². The molecule has 1 aliphatic carbocycles. The van der Waals surface area contributed by atoms with E-state index < -0.39 is 0 Å². The zero-order valence-electron chi connectivity index (χ0n) is 11.9. The number of nitrogens with zero attached hydrogens (tertiary/aromatic N) is 2. The van der Waals surface area contributed by atoms with Crippen LogP contribution in [-0.4, -0.2) is 14.5 Å². The van der Waals surface area contributed by atoms with Gasteiger partial charge in [-0.25, -0.2) is 4.98 Å². The van der Waals surface area contributed by atoms with Crippen LogP contribution in [0.2, 0.25) is 0 Å². The molecule has 4 rings (SSSR count). The number of rotatable bonds is 2. The highest BCUT2D eigenvalue weighted by Gasteiger charge is 2.11. The average molecular weight is 278 g/mol. The van der Waals surface area contributed by atoms with Crippen molar-refractivity contribution in [1.82, 2.24) is 9.38 Å². The first kappa shape index (κ1) is 12.6. The summed E-state index contributed by atoms with van der Waals surface area (Å²) in [6.45, 7) is 0.0531. The molecule has 2 heterocycles. The lowest BCUT2D eigenvalue weighted by Crippen LogP contribution is -2.02. The number of imidazole rings is 1. The van der Waals surface area contributed by atoms with Crippen molar-refractivity contribution < 1.29 is 5.11 Å². The fourth-order valence-corrected chi connectivity index (χ4v) is 3.15.